The predicted molar refractivity (Wildman–Crippen MR) is 84.7 cm³/mol. The van der Waals surface area contributed by atoms with Crippen molar-refractivity contribution >= 4 is 17.0 Å². The second-order valence-electron chi connectivity index (χ2n) is 6.19. The van der Waals surface area contributed by atoms with E-state index in [1.165, 1.54) is 24.0 Å². The van der Waals surface area contributed by atoms with Gasteiger partial charge in [0.15, 0.2) is 0 Å². The van der Waals surface area contributed by atoms with Crippen molar-refractivity contribution in [3.05, 3.63) is 23.3 Å². The molecule has 6 nitrogen and oxygen atoms in total. The molecule has 1 fully saturated rings. The lowest BCUT2D eigenvalue weighted by Crippen LogP contribution is -2.37. The van der Waals surface area contributed by atoms with Crippen LogP contribution in [-0.4, -0.2) is 52.9 Å². The van der Waals surface area contributed by atoms with Crippen molar-refractivity contribution in [2.24, 2.45) is 0 Å². The second kappa shape index (κ2) is 5.78. The normalized spacial score (nSPS) is 22.1. The van der Waals surface area contributed by atoms with Crippen molar-refractivity contribution in [3.8, 4) is 0 Å². The smallest absolute Gasteiger partial charge is 0.240 e. The van der Waals surface area contributed by atoms with Crippen LogP contribution in [0.25, 0.3) is 11.0 Å². The Morgan fingerprint density at radius 1 is 1.18 bits per heavy atom. The Bertz CT molecular complexity index is 684. The standard InChI is InChI=1S/C16H21N5O/c17-16-18-14-9-12-2-1-11(13(12)10-15(14)19-20-16)3-4-21-5-7-22-8-6-21/h9-11H,1-8H2,(H2,17,18,20). The van der Waals surface area contributed by atoms with Gasteiger partial charge in [-0.1, -0.05) is 0 Å². The maximum atomic E-state index is 5.63. The molecule has 1 aromatic carbocycles. The van der Waals surface area contributed by atoms with E-state index < -0.39 is 0 Å². The van der Waals surface area contributed by atoms with Gasteiger partial charge in [0.1, 0.15) is 5.52 Å². The number of rotatable bonds is 3. The van der Waals surface area contributed by atoms with Crippen LogP contribution in [0.1, 0.15) is 29.9 Å². The van der Waals surface area contributed by atoms with Crippen LogP contribution < -0.4 is 5.73 Å². The first-order valence-corrected chi connectivity index (χ1v) is 8.02. The number of aryl methyl sites for hydroxylation is 1. The number of hydrogen-bond acceptors (Lipinski definition) is 6. The molecule has 0 bridgehead atoms. The van der Waals surface area contributed by atoms with Crippen molar-refractivity contribution in [2.75, 3.05) is 38.6 Å². The Morgan fingerprint density at radius 3 is 2.91 bits per heavy atom. The molecule has 22 heavy (non-hydrogen) atoms. The first-order chi connectivity index (χ1) is 10.8. The SMILES string of the molecule is Nc1nnc2cc3c(cc2n1)CCC3CCN1CCOCC1. The summed E-state index contributed by atoms with van der Waals surface area (Å²) in [7, 11) is 0. The Morgan fingerprint density at radius 2 is 2.05 bits per heavy atom. The third kappa shape index (κ3) is 2.64. The summed E-state index contributed by atoms with van der Waals surface area (Å²) >= 11 is 0. The third-order valence-electron chi connectivity index (χ3n) is 4.83. The number of ether oxygens (including phenoxy) is 1. The van der Waals surface area contributed by atoms with Gasteiger partial charge >= 0.3 is 0 Å². The number of morpholine rings is 1. The largest absolute Gasteiger partial charge is 0.379 e. The van der Waals surface area contributed by atoms with Gasteiger partial charge in [0, 0.05) is 13.1 Å². The molecule has 1 atom stereocenters. The molecule has 2 aromatic rings. The maximum Gasteiger partial charge on any atom is 0.240 e. The Hall–Kier alpha value is -1.79. The lowest BCUT2D eigenvalue weighted by Gasteiger charge is -2.27. The molecule has 1 aromatic heterocycles. The highest BCUT2D eigenvalue weighted by Crippen LogP contribution is 2.37. The molecule has 2 N–H and O–H groups in total. The minimum Gasteiger partial charge on any atom is -0.379 e. The molecule has 1 saturated heterocycles. The zero-order valence-corrected chi connectivity index (χ0v) is 12.7. The summed E-state index contributed by atoms with van der Waals surface area (Å²) in [4.78, 5) is 6.78. The molecule has 1 aliphatic heterocycles. The van der Waals surface area contributed by atoms with Crippen LogP contribution in [0.5, 0.6) is 0 Å². The summed E-state index contributed by atoms with van der Waals surface area (Å²) in [6.45, 7) is 5.01. The average Bonchev–Trinajstić information content (AvgIpc) is 2.94. The van der Waals surface area contributed by atoms with Gasteiger partial charge in [-0.25, -0.2) is 4.98 Å². The van der Waals surface area contributed by atoms with Gasteiger partial charge in [0.25, 0.3) is 0 Å². The quantitative estimate of drug-likeness (QED) is 0.922. The van der Waals surface area contributed by atoms with E-state index in [1.807, 2.05) is 0 Å². The van der Waals surface area contributed by atoms with Crippen LogP contribution in [-0.2, 0) is 11.2 Å². The van der Waals surface area contributed by atoms with Crippen LogP contribution in [0, 0.1) is 0 Å². The van der Waals surface area contributed by atoms with Crippen LogP contribution in [0.4, 0.5) is 5.95 Å². The Labute approximate surface area is 129 Å². The van der Waals surface area contributed by atoms with Crippen LogP contribution in [0.15, 0.2) is 12.1 Å². The van der Waals surface area contributed by atoms with Gasteiger partial charge in [-0.2, -0.15) is 0 Å². The Balaban J connectivity index is 1.52. The lowest BCUT2D eigenvalue weighted by molar-refractivity contribution is 0.0366. The number of nitrogen functional groups attached to an aromatic ring is 1. The highest BCUT2D eigenvalue weighted by atomic mass is 16.5. The number of benzene rings is 1. The molecule has 1 unspecified atom stereocenters. The molecule has 2 aliphatic rings. The molecule has 0 amide bonds. The van der Waals surface area contributed by atoms with Crippen LogP contribution in [0.3, 0.4) is 0 Å². The summed E-state index contributed by atoms with van der Waals surface area (Å²) in [5.41, 5.74) is 10.2. The van der Waals surface area contributed by atoms with Gasteiger partial charge in [-0.15, -0.1) is 10.2 Å². The zero-order chi connectivity index (χ0) is 14.9. The van der Waals surface area contributed by atoms with Crippen molar-refractivity contribution in [2.45, 2.75) is 25.2 Å². The van der Waals surface area contributed by atoms with Crippen molar-refractivity contribution in [3.63, 3.8) is 0 Å². The summed E-state index contributed by atoms with van der Waals surface area (Å²) in [5.74, 6) is 0.871. The minimum absolute atomic E-state index is 0.245. The fourth-order valence-corrected chi connectivity index (χ4v) is 3.60. The first-order valence-electron chi connectivity index (χ1n) is 8.02. The van der Waals surface area contributed by atoms with Crippen molar-refractivity contribution in [1.82, 2.24) is 20.1 Å². The second-order valence-corrected chi connectivity index (χ2v) is 6.19. The average molecular weight is 299 g/mol. The molecular formula is C16H21N5O. The van der Waals surface area contributed by atoms with E-state index in [1.54, 1.807) is 0 Å². The molecule has 116 valence electrons. The van der Waals surface area contributed by atoms with E-state index in [9.17, 15) is 0 Å². The molecular weight excluding hydrogens is 278 g/mol. The van der Waals surface area contributed by atoms with Crippen LogP contribution >= 0.6 is 0 Å². The fourth-order valence-electron chi connectivity index (χ4n) is 3.60. The molecule has 0 radical (unpaired) electrons. The maximum absolute atomic E-state index is 5.63. The molecule has 6 heteroatoms. The molecule has 1 aliphatic carbocycles. The van der Waals surface area contributed by atoms with Crippen molar-refractivity contribution in [1.29, 1.82) is 0 Å². The molecule has 2 heterocycles. The summed E-state index contributed by atoms with van der Waals surface area (Å²) in [6.07, 6.45) is 3.55. The predicted octanol–water partition coefficient (Wildman–Crippen LogP) is 1.36. The molecule has 0 spiro atoms. The topological polar surface area (TPSA) is 77.2 Å². The van der Waals surface area contributed by atoms with Gasteiger partial charge in [0.05, 0.1) is 18.7 Å². The highest BCUT2D eigenvalue weighted by molar-refractivity contribution is 5.77. The number of hydrogen-bond donors (Lipinski definition) is 1. The minimum atomic E-state index is 0.245. The summed E-state index contributed by atoms with van der Waals surface area (Å²) in [6, 6.07) is 4.31. The van der Waals surface area contributed by atoms with E-state index in [4.69, 9.17) is 10.5 Å². The summed E-state index contributed by atoms with van der Waals surface area (Å²) in [5, 5.41) is 8.05. The number of anilines is 1. The lowest BCUT2D eigenvalue weighted by atomic mass is 9.97. The summed E-state index contributed by atoms with van der Waals surface area (Å²) < 4.78 is 5.41. The van der Waals surface area contributed by atoms with Gasteiger partial charge < -0.3 is 10.5 Å². The third-order valence-corrected chi connectivity index (χ3v) is 4.83. The van der Waals surface area contributed by atoms with E-state index in [-0.39, 0.29) is 5.95 Å². The van der Waals surface area contributed by atoms with Crippen LogP contribution in [0.2, 0.25) is 0 Å². The van der Waals surface area contributed by atoms with Gasteiger partial charge in [0.2, 0.25) is 5.95 Å². The number of nitrogens with zero attached hydrogens (tertiary/aromatic N) is 4. The fraction of sp³-hybridized carbons (Fsp3) is 0.562. The van der Waals surface area contributed by atoms with Gasteiger partial charge in [-0.3, -0.25) is 4.90 Å². The number of aromatic nitrogens is 3. The monoisotopic (exact) mass is 299 g/mol. The van der Waals surface area contributed by atoms with Gasteiger partial charge in [-0.05, 0) is 55.0 Å². The van der Waals surface area contributed by atoms with E-state index >= 15 is 0 Å². The first kappa shape index (κ1) is 13.8. The number of fused-ring (bicyclic) bond motifs is 2. The van der Waals surface area contributed by atoms with Crippen molar-refractivity contribution < 1.29 is 4.74 Å². The zero-order valence-electron chi connectivity index (χ0n) is 12.7. The number of nitrogens with two attached hydrogens (primary N) is 1. The molecule has 4 rings (SSSR count). The molecule has 0 saturated carbocycles. The van der Waals surface area contributed by atoms with E-state index in [2.05, 4.69) is 32.2 Å². The highest BCUT2D eigenvalue weighted by Gasteiger charge is 2.24. The Kier molecular flexibility index (Phi) is 3.63. The van der Waals surface area contributed by atoms with E-state index in [0.29, 0.717) is 5.92 Å². The van der Waals surface area contributed by atoms with E-state index in [0.717, 1.165) is 50.3 Å².